The summed E-state index contributed by atoms with van der Waals surface area (Å²) in [5, 5.41) is 6.94. The van der Waals surface area contributed by atoms with Crippen LogP contribution < -0.4 is 5.73 Å². The number of aromatic nitrogens is 2. The fraction of sp³-hybridized carbons (Fsp3) is 0.400. The molecule has 2 N–H and O–H groups in total. The molecule has 1 rings (SSSR count). The predicted molar refractivity (Wildman–Crippen MR) is 31.9 cm³/mol. The van der Waals surface area contributed by atoms with Gasteiger partial charge in [0.05, 0.1) is 6.42 Å². The van der Waals surface area contributed by atoms with Crippen molar-refractivity contribution in [3.8, 4) is 0 Å². The molecule has 0 aliphatic carbocycles. The minimum Gasteiger partial charge on any atom is -0.369 e. The molecule has 1 aromatic rings. The number of carbonyl (C=O) groups is 1. The molecule has 0 aromatic carbocycles. The summed E-state index contributed by atoms with van der Waals surface area (Å²) < 4.78 is 4.34. The van der Waals surface area contributed by atoms with E-state index in [0.717, 1.165) is 0 Å². The molecule has 1 aromatic heterocycles. The second kappa shape index (κ2) is 2.47. The number of amides is 1. The van der Waals surface area contributed by atoms with Crippen LogP contribution in [0.5, 0.6) is 0 Å². The fourth-order valence-corrected chi connectivity index (χ4v) is 0.575. The van der Waals surface area contributed by atoms with E-state index in [1.165, 1.54) is 0 Å². The van der Waals surface area contributed by atoms with Gasteiger partial charge in [0, 0.05) is 0 Å². The summed E-state index contributed by atoms with van der Waals surface area (Å²) in [4.78, 5) is 10.3. The van der Waals surface area contributed by atoms with Gasteiger partial charge >= 0.3 is 0 Å². The Morgan fingerprint density at radius 2 is 2.40 bits per heavy atom. The minimum absolute atomic E-state index is 0.0926. The molecule has 0 atom stereocenters. The SMILES string of the molecule is Cc1nonc1CC(N)=O. The Kier molecular flexibility index (Phi) is 1.66. The molecule has 5 heteroatoms. The van der Waals surface area contributed by atoms with Crippen LogP contribution in [0.1, 0.15) is 11.4 Å². The molecule has 0 radical (unpaired) electrons. The zero-order chi connectivity index (χ0) is 7.56. The smallest absolute Gasteiger partial charge is 0.223 e. The van der Waals surface area contributed by atoms with E-state index in [9.17, 15) is 4.79 Å². The Hall–Kier alpha value is -1.39. The van der Waals surface area contributed by atoms with Crippen LogP contribution in [0.3, 0.4) is 0 Å². The Labute approximate surface area is 57.2 Å². The number of nitrogens with two attached hydrogens (primary N) is 1. The van der Waals surface area contributed by atoms with Gasteiger partial charge in [-0.2, -0.15) is 0 Å². The van der Waals surface area contributed by atoms with Crippen molar-refractivity contribution < 1.29 is 9.42 Å². The van der Waals surface area contributed by atoms with Crippen molar-refractivity contribution in [1.82, 2.24) is 10.3 Å². The number of primary amides is 1. The lowest BCUT2D eigenvalue weighted by Crippen LogP contribution is -2.14. The number of hydrogen-bond acceptors (Lipinski definition) is 4. The van der Waals surface area contributed by atoms with E-state index >= 15 is 0 Å². The number of aryl methyl sites for hydroxylation is 1. The minimum atomic E-state index is -0.432. The van der Waals surface area contributed by atoms with E-state index in [1.807, 2.05) is 0 Å². The van der Waals surface area contributed by atoms with Crippen LogP contribution in [-0.4, -0.2) is 16.2 Å². The zero-order valence-corrected chi connectivity index (χ0v) is 5.50. The third-order valence-corrected chi connectivity index (χ3v) is 1.09. The van der Waals surface area contributed by atoms with Crippen molar-refractivity contribution in [1.29, 1.82) is 0 Å². The standard InChI is InChI=1S/C5H7N3O2/c1-3-4(2-5(6)9)8-10-7-3/h2H2,1H3,(H2,6,9). The predicted octanol–water partition coefficient (Wildman–Crippen LogP) is -0.594. The van der Waals surface area contributed by atoms with Crippen LogP contribution in [0, 0.1) is 6.92 Å². The Bertz CT molecular complexity index is 243. The fourth-order valence-electron chi connectivity index (χ4n) is 0.575. The van der Waals surface area contributed by atoms with E-state index in [-0.39, 0.29) is 6.42 Å². The highest BCUT2D eigenvalue weighted by Gasteiger charge is 2.06. The lowest BCUT2D eigenvalue weighted by atomic mass is 10.2. The van der Waals surface area contributed by atoms with Crippen LogP contribution in [0.15, 0.2) is 4.63 Å². The van der Waals surface area contributed by atoms with Crippen molar-refractivity contribution in [2.45, 2.75) is 13.3 Å². The highest BCUT2D eigenvalue weighted by molar-refractivity contribution is 5.76. The molecule has 0 saturated heterocycles. The first kappa shape index (κ1) is 6.73. The van der Waals surface area contributed by atoms with Gasteiger partial charge in [0.2, 0.25) is 5.91 Å². The summed E-state index contributed by atoms with van der Waals surface area (Å²) in [6.07, 6.45) is 0.0926. The monoisotopic (exact) mass is 141 g/mol. The first-order chi connectivity index (χ1) is 4.70. The quantitative estimate of drug-likeness (QED) is 0.596. The number of nitrogens with zero attached hydrogens (tertiary/aromatic N) is 2. The average molecular weight is 141 g/mol. The van der Waals surface area contributed by atoms with E-state index < -0.39 is 5.91 Å². The third-order valence-electron chi connectivity index (χ3n) is 1.09. The number of hydrogen-bond donors (Lipinski definition) is 1. The molecule has 1 heterocycles. The second-order valence-corrected chi connectivity index (χ2v) is 1.94. The third kappa shape index (κ3) is 1.31. The lowest BCUT2D eigenvalue weighted by molar-refractivity contribution is -0.117. The summed E-state index contributed by atoms with van der Waals surface area (Å²) in [5.74, 6) is -0.432. The van der Waals surface area contributed by atoms with E-state index in [0.29, 0.717) is 11.4 Å². The molecular formula is C5H7N3O2. The van der Waals surface area contributed by atoms with Gasteiger partial charge in [-0.1, -0.05) is 10.3 Å². The molecule has 0 unspecified atom stereocenters. The van der Waals surface area contributed by atoms with Crippen molar-refractivity contribution in [2.24, 2.45) is 5.73 Å². The highest BCUT2D eigenvalue weighted by Crippen LogP contribution is 1.99. The molecule has 0 aliphatic heterocycles. The summed E-state index contributed by atoms with van der Waals surface area (Å²) in [6, 6.07) is 0. The molecule has 54 valence electrons. The largest absolute Gasteiger partial charge is 0.369 e. The maximum atomic E-state index is 10.3. The Balaban J connectivity index is 2.74. The van der Waals surface area contributed by atoms with Crippen LogP contribution in [0.25, 0.3) is 0 Å². The van der Waals surface area contributed by atoms with Gasteiger partial charge in [-0.25, -0.2) is 4.63 Å². The van der Waals surface area contributed by atoms with E-state index in [2.05, 4.69) is 14.9 Å². The molecule has 1 amide bonds. The number of carbonyl (C=O) groups excluding carboxylic acids is 1. The van der Waals surface area contributed by atoms with Gasteiger partial charge in [-0.15, -0.1) is 0 Å². The van der Waals surface area contributed by atoms with Crippen molar-refractivity contribution >= 4 is 5.91 Å². The summed E-state index contributed by atoms with van der Waals surface area (Å²) in [6.45, 7) is 1.70. The molecule has 0 bridgehead atoms. The first-order valence-corrected chi connectivity index (χ1v) is 2.76. The topological polar surface area (TPSA) is 82.0 Å². The van der Waals surface area contributed by atoms with Gasteiger partial charge in [0.15, 0.2) is 0 Å². The molecular weight excluding hydrogens is 134 g/mol. The van der Waals surface area contributed by atoms with Gasteiger partial charge in [0.25, 0.3) is 0 Å². The van der Waals surface area contributed by atoms with E-state index in [1.54, 1.807) is 6.92 Å². The van der Waals surface area contributed by atoms with Crippen LogP contribution in [0.2, 0.25) is 0 Å². The van der Waals surface area contributed by atoms with Gasteiger partial charge in [0.1, 0.15) is 11.4 Å². The molecule has 0 aliphatic rings. The average Bonchev–Trinajstić information content (AvgIpc) is 2.15. The molecule has 5 nitrogen and oxygen atoms in total. The van der Waals surface area contributed by atoms with Gasteiger partial charge in [-0.05, 0) is 6.92 Å². The number of rotatable bonds is 2. The maximum absolute atomic E-state index is 10.3. The Morgan fingerprint density at radius 1 is 1.70 bits per heavy atom. The molecule has 0 spiro atoms. The van der Waals surface area contributed by atoms with Crippen molar-refractivity contribution in [2.75, 3.05) is 0 Å². The summed E-state index contributed by atoms with van der Waals surface area (Å²) in [7, 11) is 0. The van der Waals surface area contributed by atoms with Crippen LogP contribution in [0.4, 0.5) is 0 Å². The molecule has 10 heavy (non-hydrogen) atoms. The first-order valence-electron chi connectivity index (χ1n) is 2.76. The van der Waals surface area contributed by atoms with Crippen molar-refractivity contribution in [3.63, 3.8) is 0 Å². The van der Waals surface area contributed by atoms with Gasteiger partial charge < -0.3 is 5.73 Å². The Morgan fingerprint density at radius 3 is 2.80 bits per heavy atom. The molecule has 0 fully saturated rings. The van der Waals surface area contributed by atoms with Crippen LogP contribution in [-0.2, 0) is 11.2 Å². The lowest BCUT2D eigenvalue weighted by Gasteiger charge is -1.86. The summed E-state index contributed by atoms with van der Waals surface area (Å²) in [5.41, 5.74) is 6.02. The zero-order valence-electron chi connectivity index (χ0n) is 5.50. The summed E-state index contributed by atoms with van der Waals surface area (Å²) >= 11 is 0. The highest BCUT2D eigenvalue weighted by atomic mass is 16.6. The van der Waals surface area contributed by atoms with Crippen molar-refractivity contribution in [3.05, 3.63) is 11.4 Å². The second-order valence-electron chi connectivity index (χ2n) is 1.94. The normalized spacial score (nSPS) is 9.70. The van der Waals surface area contributed by atoms with E-state index in [4.69, 9.17) is 5.73 Å². The molecule has 0 saturated carbocycles. The maximum Gasteiger partial charge on any atom is 0.223 e. The van der Waals surface area contributed by atoms with Gasteiger partial charge in [-0.3, -0.25) is 4.79 Å². The van der Waals surface area contributed by atoms with Crippen LogP contribution >= 0.6 is 0 Å².